The summed E-state index contributed by atoms with van der Waals surface area (Å²) in [5.41, 5.74) is 0.464. The predicted octanol–water partition coefficient (Wildman–Crippen LogP) is 4.17. The Morgan fingerprint density at radius 2 is 2.23 bits per heavy atom. The predicted molar refractivity (Wildman–Crippen MR) is 59.6 cm³/mol. The van der Waals surface area contributed by atoms with E-state index in [1.54, 1.807) is 22.6 Å². The molecule has 0 radical (unpaired) electrons. The standard InChI is InChI=1S/C7H4BrClF2IN/c8-2-5-4(9)1-3(6(10)11)7(12)13-5/h1,6H,2H2. The number of hydrogen-bond donors (Lipinski definition) is 0. The van der Waals surface area contributed by atoms with Gasteiger partial charge in [0.2, 0.25) is 0 Å². The summed E-state index contributed by atoms with van der Waals surface area (Å²) in [6.45, 7) is 0. The topological polar surface area (TPSA) is 12.9 Å². The SMILES string of the molecule is FC(F)c1cc(Cl)c(CBr)nc1I. The Labute approximate surface area is 101 Å². The fourth-order valence-corrected chi connectivity index (χ4v) is 2.26. The Kier molecular flexibility index (Phi) is 4.31. The van der Waals surface area contributed by atoms with Gasteiger partial charge in [-0.1, -0.05) is 27.5 Å². The van der Waals surface area contributed by atoms with E-state index in [1.807, 2.05) is 0 Å². The summed E-state index contributed by atoms with van der Waals surface area (Å²) in [7, 11) is 0. The van der Waals surface area contributed by atoms with E-state index in [9.17, 15) is 8.78 Å². The van der Waals surface area contributed by atoms with E-state index in [2.05, 4.69) is 20.9 Å². The van der Waals surface area contributed by atoms with Crippen molar-refractivity contribution in [2.75, 3.05) is 0 Å². The molecule has 1 aromatic rings. The zero-order chi connectivity index (χ0) is 10.0. The molecule has 0 bridgehead atoms. The lowest BCUT2D eigenvalue weighted by molar-refractivity contribution is 0.150. The third-order valence-corrected chi connectivity index (χ3v) is 3.11. The van der Waals surface area contributed by atoms with Crippen molar-refractivity contribution in [2.45, 2.75) is 11.8 Å². The maximum Gasteiger partial charge on any atom is 0.266 e. The van der Waals surface area contributed by atoms with Crippen LogP contribution in [0.2, 0.25) is 5.02 Å². The lowest BCUT2D eigenvalue weighted by Crippen LogP contribution is -1.97. The van der Waals surface area contributed by atoms with Crippen molar-refractivity contribution in [3.05, 3.63) is 26.0 Å². The first kappa shape index (κ1) is 11.6. The summed E-state index contributed by atoms with van der Waals surface area (Å²) >= 11 is 10.7. The number of hydrogen-bond acceptors (Lipinski definition) is 1. The maximum atomic E-state index is 12.3. The van der Waals surface area contributed by atoms with E-state index >= 15 is 0 Å². The van der Waals surface area contributed by atoms with Crippen molar-refractivity contribution in [3.63, 3.8) is 0 Å². The highest BCUT2D eigenvalue weighted by Crippen LogP contribution is 2.28. The van der Waals surface area contributed by atoms with Gasteiger partial charge >= 0.3 is 0 Å². The van der Waals surface area contributed by atoms with Gasteiger partial charge in [-0.25, -0.2) is 13.8 Å². The maximum absolute atomic E-state index is 12.3. The van der Waals surface area contributed by atoms with Crippen molar-refractivity contribution in [1.82, 2.24) is 4.98 Å². The van der Waals surface area contributed by atoms with E-state index < -0.39 is 6.43 Å². The molecule has 0 spiro atoms. The van der Waals surface area contributed by atoms with Crippen LogP contribution in [0.25, 0.3) is 0 Å². The summed E-state index contributed by atoms with van der Waals surface area (Å²) in [5.74, 6) is 0. The molecular formula is C7H4BrClF2IN. The molecule has 0 fully saturated rings. The Morgan fingerprint density at radius 3 is 2.69 bits per heavy atom. The molecule has 72 valence electrons. The zero-order valence-electron chi connectivity index (χ0n) is 6.20. The number of halogens is 5. The van der Waals surface area contributed by atoms with Crippen LogP contribution in [0.4, 0.5) is 8.78 Å². The fourth-order valence-electron chi connectivity index (χ4n) is 0.763. The molecule has 0 unspecified atom stereocenters. The minimum Gasteiger partial charge on any atom is -0.244 e. The van der Waals surface area contributed by atoms with Crippen molar-refractivity contribution < 1.29 is 8.78 Å². The Hall–Kier alpha value is 0.510. The van der Waals surface area contributed by atoms with Crippen LogP contribution in [0.15, 0.2) is 6.07 Å². The summed E-state index contributed by atoms with van der Waals surface area (Å²) in [4.78, 5) is 3.94. The molecule has 0 aromatic carbocycles. The molecule has 1 rings (SSSR count). The van der Waals surface area contributed by atoms with Gasteiger partial charge < -0.3 is 0 Å². The first-order valence-electron chi connectivity index (χ1n) is 3.25. The van der Waals surface area contributed by atoms with Crippen LogP contribution in [0, 0.1) is 3.70 Å². The van der Waals surface area contributed by atoms with Gasteiger partial charge in [0.05, 0.1) is 16.3 Å². The lowest BCUT2D eigenvalue weighted by atomic mass is 10.2. The number of rotatable bonds is 2. The lowest BCUT2D eigenvalue weighted by Gasteiger charge is -2.05. The molecule has 0 aliphatic carbocycles. The first-order chi connectivity index (χ1) is 6.06. The minimum atomic E-state index is -2.53. The normalized spacial score (nSPS) is 10.9. The highest BCUT2D eigenvalue weighted by atomic mass is 127. The Morgan fingerprint density at radius 1 is 1.62 bits per heavy atom. The fraction of sp³-hybridized carbons (Fsp3) is 0.286. The molecule has 0 amide bonds. The smallest absolute Gasteiger partial charge is 0.244 e. The largest absolute Gasteiger partial charge is 0.266 e. The molecule has 0 saturated carbocycles. The molecule has 0 atom stereocenters. The number of nitrogens with zero attached hydrogens (tertiary/aromatic N) is 1. The Bertz CT molecular complexity index is 322. The second-order valence-corrected chi connectivity index (χ2v) is 4.22. The molecule has 1 heterocycles. The van der Waals surface area contributed by atoms with Crippen LogP contribution in [0.5, 0.6) is 0 Å². The van der Waals surface area contributed by atoms with Crippen molar-refractivity contribution >= 4 is 50.1 Å². The van der Waals surface area contributed by atoms with Crippen molar-refractivity contribution in [3.8, 4) is 0 Å². The van der Waals surface area contributed by atoms with Gasteiger partial charge in [0.1, 0.15) is 3.70 Å². The van der Waals surface area contributed by atoms with Crippen molar-refractivity contribution in [1.29, 1.82) is 0 Å². The van der Waals surface area contributed by atoms with Gasteiger partial charge in [0.25, 0.3) is 6.43 Å². The number of aromatic nitrogens is 1. The quantitative estimate of drug-likeness (QED) is 0.425. The van der Waals surface area contributed by atoms with E-state index in [4.69, 9.17) is 11.6 Å². The van der Waals surface area contributed by atoms with E-state index in [1.165, 1.54) is 6.07 Å². The number of pyridine rings is 1. The third kappa shape index (κ3) is 2.73. The second kappa shape index (κ2) is 4.84. The van der Waals surface area contributed by atoms with Gasteiger partial charge in [-0.2, -0.15) is 0 Å². The average molecular weight is 382 g/mol. The van der Waals surface area contributed by atoms with E-state index in [0.29, 0.717) is 14.7 Å². The molecule has 13 heavy (non-hydrogen) atoms. The molecule has 1 aromatic heterocycles. The molecular weight excluding hydrogens is 378 g/mol. The van der Waals surface area contributed by atoms with Crippen LogP contribution >= 0.6 is 50.1 Å². The van der Waals surface area contributed by atoms with Gasteiger partial charge in [-0.3, -0.25) is 0 Å². The number of alkyl halides is 3. The van der Waals surface area contributed by atoms with Gasteiger partial charge in [-0.05, 0) is 28.7 Å². The summed E-state index contributed by atoms with van der Waals surface area (Å²) < 4.78 is 25.0. The van der Waals surface area contributed by atoms with Crippen LogP contribution in [-0.4, -0.2) is 4.98 Å². The highest BCUT2D eigenvalue weighted by Gasteiger charge is 2.15. The molecule has 0 aliphatic heterocycles. The van der Waals surface area contributed by atoms with Crippen molar-refractivity contribution in [2.24, 2.45) is 0 Å². The second-order valence-electron chi connectivity index (χ2n) is 2.23. The van der Waals surface area contributed by atoms with Gasteiger partial charge in [0, 0.05) is 5.33 Å². The molecule has 0 N–H and O–H groups in total. The molecule has 1 nitrogen and oxygen atoms in total. The van der Waals surface area contributed by atoms with Crippen LogP contribution in [0.1, 0.15) is 17.7 Å². The van der Waals surface area contributed by atoms with Gasteiger partial charge in [0.15, 0.2) is 0 Å². The first-order valence-corrected chi connectivity index (χ1v) is 5.83. The molecule has 0 saturated heterocycles. The van der Waals surface area contributed by atoms with E-state index in [-0.39, 0.29) is 10.6 Å². The molecule has 6 heteroatoms. The van der Waals surface area contributed by atoms with Gasteiger partial charge in [-0.15, -0.1) is 0 Å². The average Bonchev–Trinajstić information content (AvgIpc) is 2.07. The van der Waals surface area contributed by atoms with Crippen LogP contribution in [0.3, 0.4) is 0 Å². The monoisotopic (exact) mass is 381 g/mol. The zero-order valence-corrected chi connectivity index (χ0v) is 10.7. The Balaban J connectivity index is 3.20. The highest BCUT2D eigenvalue weighted by molar-refractivity contribution is 14.1. The van der Waals surface area contributed by atoms with E-state index in [0.717, 1.165) is 0 Å². The summed E-state index contributed by atoms with van der Waals surface area (Å²) in [5, 5.41) is 0.735. The minimum absolute atomic E-state index is 0.115. The molecule has 0 aliphatic rings. The third-order valence-electron chi connectivity index (χ3n) is 1.39. The summed E-state index contributed by atoms with van der Waals surface area (Å²) in [6.07, 6.45) is -2.53. The van der Waals surface area contributed by atoms with Crippen LogP contribution in [-0.2, 0) is 5.33 Å². The van der Waals surface area contributed by atoms with Crippen LogP contribution < -0.4 is 0 Å². The summed E-state index contributed by atoms with van der Waals surface area (Å²) in [6, 6.07) is 1.26.